The molecule has 140 valence electrons. The van der Waals surface area contributed by atoms with Crippen LogP contribution in [0.4, 0.5) is 5.69 Å². The van der Waals surface area contributed by atoms with Crippen molar-refractivity contribution in [3.63, 3.8) is 0 Å². The summed E-state index contributed by atoms with van der Waals surface area (Å²) in [6, 6.07) is 12.3. The highest BCUT2D eigenvalue weighted by molar-refractivity contribution is 5.98. The van der Waals surface area contributed by atoms with Crippen molar-refractivity contribution < 1.29 is 19.4 Å². The molecule has 6 nitrogen and oxygen atoms in total. The number of aromatic hydroxyl groups is 1. The molecule has 0 radical (unpaired) electrons. The van der Waals surface area contributed by atoms with Crippen molar-refractivity contribution in [2.75, 3.05) is 18.1 Å². The third-order valence-corrected chi connectivity index (χ3v) is 3.97. The van der Waals surface area contributed by atoms with Crippen molar-refractivity contribution >= 4 is 17.6 Å². The maximum absolute atomic E-state index is 12.6. The highest BCUT2D eigenvalue weighted by atomic mass is 16.5. The molecule has 1 amide bonds. The summed E-state index contributed by atoms with van der Waals surface area (Å²) in [7, 11) is 0. The van der Waals surface area contributed by atoms with Crippen LogP contribution in [0.2, 0.25) is 0 Å². The van der Waals surface area contributed by atoms with E-state index in [4.69, 9.17) is 10.00 Å². The highest BCUT2D eigenvalue weighted by Crippen LogP contribution is 2.21. The first-order valence-electron chi connectivity index (χ1n) is 8.54. The van der Waals surface area contributed by atoms with E-state index in [1.807, 2.05) is 38.1 Å². The second kappa shape index (κ2) is 8.86. The number of anilines is 1. The fourth-order valence-corrected chi connectivity index (χ4v) is 2.76. The number of nitrogens with zero attached hydrogens (tertiary/aromatic N) is 2. The monoisotopic (exact) mass is 366 g/mol. The molecule has 0 bridgehead atoms. The fourth-order valence-electron chi connectivity index (χ4n) is 2.76. The van der Waals surface area contributed by atoms with Gasteiger partial charge in [-0.05, 0) is 61.7 Å². The average molecular weight is 366 g/mol. The number of nitriles is 1. The zero-order valence-corrected chi connectivity index (χ0v) is 15.7. The Hall–Kier alpha value is -3.33. The van der Waals surface area contributed by atoms with Crippen molar-refractivity contribution in [3.05, 3.63) is 58.7 Å². The molecule has 2 aromatic carbocycles. The Bertz CT molecular complexity index is 879. The van der Waals surface area contributed by atoms with E-state index in [1.165, 1.54) is 17.0 Å². The van der Waals surface area contributed by atoms with Crippen LogP contribution in [0.3, 0.4) is 0 Å². The molecule has 0 saturated carbocycles. The summed E-state index contributed by atoms with van der Waals surface area (Å²) in [6.07, 6.45) is 0.158. The minimum absolute atomic E-state index is 0.00312. The van der Waals surface area contributed by atoms with Gasteiger partial charge in [0.25, 0.3) is 5.91 Å². The molecular weight excluding hydrogens is 344 g/mol. The van der Waals surface area contributed by atoms with Crippen LogP contribution in [-0.2, 0) is 9.53 Å². The number of rotatable bonds is 6. The first-order chi connectivity index (χ1) is 12.8. The van der Waals surface area contributed by atoms with Gasteiger partial charge in [-0.15, -0.1) is 0 Å². The molecule has 6 heteroatoms. The Labute approximate surface area is 158 Å². The topological polar surface area (TPSA) is 90.6 Å². The fraction of sp³-hybridized carbons (Fsp3) is 0.286. The van der Waals surface area contributed by atoms with E-state index in [-0.39, 0.29) is 24.3 Å². The van der Waals surface area contributed by atoms with Crippen molar-refractivity contribution in [1.82, 2.24) is 0 Å². The lowest BCUT2D eigenvalue weighted by atomic mass is 10.1. The first-order valence-corrected chi connectivity index (χ1v) is 8.54. The number of hydrogen-bond acceptors (Lipinski definition) is 5. The predicted molar refractivity (Wildman–Crippen MR) is 102 cm³/mol. The smallest absolute Gasteiger partial charge is 0.342 e. The van der Waals surface area contributed by atoms with E-state index < -0.39 is 18.5 Å². The third kappa shape index (κ3) is 5.32. The van der Waals surface area contributed by atoms with E-state index in [2.05, 4.69) is 0 Å². The van der Waals surface area contributed by atoms with Crippen LogP contribution in [0.5, 0.6) is 5.75 Å². The summed E-state index contributed by atoms with van der Waals surface area (Å²) in [6.45, 7) is 5.35. The number of hydrogen-bond donors (Lipinski definition) is 1. The van der Waals surface area contributed by atoms with Gasteiger partial charge in [0.2, 0.25) is 0 Å². The van der Waals surface area contributed by atoms with Gasteiger partial charge in [0, 0.05) is 12.2 Å². The Balaban J connectivity index is 2.13. The molecular formula is C21H22N2O4. The molecule has 0 aliphatic carbocycles. The molecule has 0 aliphatic heterocycles. The first kappa shape index (κ1) is 20.0. The molecule has 2 aromatic rings. The molecule has 0 spiro atoms. The van der Waals surface area contributed by atoms with E-state index >= 15 is 0 Å². The van der Waals surface area contributed by atoms with Gasteiger partial charge >= 0.3 is 5.97 Å². The maximum Gasteiger partial charge on any atom is 0.342 e. The Morgan fingerprint density at radius 2 is 1.74 bits per heavy atom. The number of carbonyl (C=O) groups is 2. The molecule has 27 heavy (non-hydrogen) atoms. The second-order valence-corrected chi connectivity index (χ2v) is 6.40. The van der Waals surface area contributed by atoms with Gasteiger partial charge in [0.15, 0.2) is 6.61 Å². The van der Waals surface area contributed by atoms with E-state index in [9.17, 15) is 14.7 Å². The Kier molecular flexibility index (Phi) is 6.56. The largest absolute Gasteiger partial charge is 0.507 e. The lowest BCUT2D eigenvalue weighted by Gasteiger charge is -2.22. The Morgan fingerprint density at radius 3 is 2.33 bits per heavy atom. The van der Waals surface area contributed by atoms with Crippen LogP contribution in [0, 0.1) is 32.1 Å². The van der Waals surface area contributed by atoms with Crippen molar-refractivity contribution in [2.45, 2.75) is 27.2 Å². The summed E-state index contributed by atoms with van der Waals surface area (Å²) in [5.74, 6) is -1.40. The summed E-state index contributed by atoms with van der Waals surface area (Å²) in [4.78, 5) is 26.2. The molecule has 2 rings (SSSR count). The summed E-state index contributed by atoms with van der Waals surface area (Å²) in [5.41, 5.74) is 3.44. The number of ether oxygens (including phenoxy) is 1. The third-order valence-electron chi connectivity index (χ3n) is 3.97. The molecule has 0 atom stereocenters. The quantitative estimate of drug-likeness (QED) is 0.791. The molecule has 0 saturated heterocycles. The van der Waals surface area contributed by atoms with Crippen LogP contribution in [0.15, 0.2) is 36.4 Å². The van der Waals surface area contributed by atoms with E-state index in [1.54, 1.807) is 13.0 Å². The van der Waals surface area contributed by atoms with Crippen LogP contribution in [0.25, 0.3) is 0 Å². The van der Waals surface area contributed by atoms with Crippen molar-refractivity contribution in [2.24, 2.45) is 0 Å². The van der Waals surface area contributed by atoms with Crippen LogP contribution < -0.4 is 4.90 Å². The van der Waals surface area contributed by atoms with Gasteiger partial charge < -0.3 is 14.7 Å². The lowest BCUT2D eigenvalue weighted by molar-refractivity contribution is -0.121. The molecule has 0 aliphatic rings. The zero-order chi connectivity index (χ0) is 20.0. The number of benzene rings is 2. The number of carbonyl (C=O) groups excluding carboxylic acids is 2. The van der Waals surface area contributed by atoms with E-state index in [0.29, 0.717) is 5.69 Å². The summed E-state index contributed by atoms with van der Waals surface area (Å²) < 4.78 is 5.08. The molecule has 0 unspecified atom stereocenters. The average Bonchev–Trinajstić information content (AvgIpc) is 2.59. The standard InChI is InChI=1S/C21H22N2O4/c1-14-5-6-18(19(24)12-14)21(26)27-13-20(25)23(8-4-7-22)17-10-15(2)9-16(3)11-17/h5-6,9-12,24H,4,8,13H2,1-3H3. The molecule has 0 aromatic heterocycles. The van der Waals surface area contributed by atoms with E-state index in [0.717, 1.165) is 16.7 Å². The van der Waals surface area contributed by atoms with Gasteiger partial charge in [0.05, 0.1) is 12.5 Å². The normalized spacial score (nSPS) is 10.1. The maximum atomic E-state index is 12.6. The van der Waals surface area contributed by atoms with Crippen LogP contribution in [-0.4, -0.2) is 30.1 Å². The van der Waals surface area contributed by atoms with Gasteiger partial charge in [-0.2, -0.15) is 5.26 Å². The molecule has 1 N–H and O–H groups in total. The number of phenols is 1. The van der Waals surface area contributed by atoms with Crippen LogP contribution in [0.1, 0.15) is 33.5 Å². The van der Waals surface area contributed by atoms with Gasteiger partial charge in [0.1, 0.15) is 11.3 Å². The van der Waals surface area contributed by atoms with Gasteiger partial charge in [-0.1, -0.05) is 12.1 Å². The number of esters is 1. The number of amides is 1. The number of aryl methyl sites for hydroxylation is 3. The van der Waals surface area contributed by atoms with Gasteiger partial charge in [-0.3, -0.25) is 4.79 Å². The summed E-state index contributed by atoms with van der Waals surface area (Å²) in [5, 5.41) is 18.7. The number of phenolic OH excluding ortho intramolecular Hbond substituents is 1. The zero-order valence-electron chi connectivity index (χ0n) is 15.7. The minimum Gasteiger partial charge on any atom is -0.507 e. The molecule has 0 heterocycles. The summed E-state index contributed by atoms with van der Waals surface area (Å²) >= 11 is 0. The SMILES string of the molecule is Cc1cc(C)cc(N(CCC#N)C(=O)COC(=O)c2ccc(C)cc2O)c1. The van der Waals surface area contributed by atoms with Gasteiger partial charge in [-0.25, -0.2) is 4.79 Å². The highest BCUT2D eigenvalue weighted by Gasteiger charge is 2.20. The van der Waals surface area contributed by atoms with Crippen molar-refractivity contribution in [1.29, 1.82) is 5.26 Å². The minimum atomic E-state index is -0.776. The van der Waals surface area contributed by atoms with Crippen molar-refractivity contribution in [3.8, 4) is 11.8 Å². The Morgan fingerprint density at radius 1 is 1.07 bits per heavy atom. The molecule has 0 fully saturated rings. The predicted octanol–water partition coefficient (Wildman–Crippen LogP) is 3.42. The lowest BCUT2D eigenvalue weighted by Crippen LogP contribution is -2.35. The second-order valence-electron chi connectivity index (χ2n) is 6.40. The van der Waals surface area contributed by atoms with Crippen LogP contribution >= 0.6 is 0 Å².